The Morgan fingerprint density at radius 2 is 1.73 bits per heavy atom. The highest BCUT2D eigenvalue weighted by Gasteiger charge is 2.41. The minimum Gasteiger partial charge on any atom is -0.315 e. The van der Waals surface area contributed by atoms with E-state index in [1.54, 1.807) is 0 Å². The van der Waals surface area contributed by atoms with Crippen LogP contribution in [0.3, 0.4) is 0 Å². The van der Waals surface area contributed by atoms with Gasteiger partial charge in [-0.15, -0.1) is 0 Å². The van der Waals surface area contributed by atoms with E-state index in [-0.39, 0.29) is 0 Å². The van der Waals surface area contributed by atoms with Gasteiger partial charge in [0, 0.05) is 24.7 Å². The molecule has 2 aliphatic heterocycles. The van der Waals surface area contributed by atoms with Gasteiger partial charge in [-0.05, 0) is 63.3 Å². The third kappa shape index (κ3) is 3.38. The Morgan fingerprint density at radius 1 is 0.955 bits per heavy atom. The van der Waals surface area contributed by atoms with Crippen LogP contribution in [0, 0.1) is 23.7 Å². The molecule has 2 nitrogen and oxygen atoms in total. The number of hydrogen-bond donors (Lipinski definition) is 1. The van der Waals surface area contributed by atoms with E-state index in [1.165, 1.54) is 58.0 Å². The number of hydrogen-bond acceptors (Lipinski definition) is 2. The SMILES string of the molecule is CC1CCCCC1CC1CC(C)N(C2CCNC2)C(C)C1C. The van der Waals surface area contributed by atoms with Crippen molar-refractivity contribution in [2.75, 3.05) is 13.1 Å². The molecule has 0 radical (unpaired) electrons. The normalized spacial score (nSPS) is 47.7. The molecule has 3 rings (SSSR count). The number of nitrogens with zero attached hydrogens (tertiary/aromatic N) is 1. The molecule has 1 N–H and O–H groups in total. The smallest absolute Gasteiger partial charge is 0.0238 e. The Labute approximate surface area is 138 Å². The largest absolute Gasteiger partial charge is 0.315 e. The number of rotatable bonds is 3. The van der Waals surface area contributed by atoms with Crippen LogP contribution in [0.4, 0.5) is 0 Å². The van der Waals surface area contributed by atoms with Crippen molar-refractivity contribution in [3.05, 3.63) is 0 Å². The van der Waals surface area contributed by atoms with Gasteiger partial charge in [-0.2, -0.15) is 0 Å². The molecule has 3 fully saturated rings. The van der Waals surface area contributed by atoms with Gasteiger partial charge in [-0.3, -0.25) is 4.90 Å². The maximum Gasteiger partial charge on any atom is 0.0238 e. The first kappa shape index (κ1) is 16.8. The summed E-state index contributed by atoms with van der Waals surface area (Å²) in [5.74, 6) is 3.82. The van der Waals surface area contributed by atoms with Gasteiger partial charge < -0.3 is 5.32 Å². The molecule has 1 aliphatic carbocycles. The number of nitrogens with one attached hydrogen (secondary N) is 1. The fraction of sp³-hybridized carbons (Fsp3) is 1.00. The second-order valence-corrected chi connectivity index (χ2v) is 8.80. The molecule has 3 aliphatic rings. The summed E-state index contributed by atoms with van der Waals surface area (Å²) in [6.07, 6.45) is 10.2. The maximum atomic E-state index is 3.57. The van der Waals surface area contributed by atoms with Crippen LogP contribution >= 0.6 is 0 Å². The molecule has 1 saturated carbocycles. The molecule has 7 unspecified atom stereocenters. The lowest BCUT2D eigenvalue weighted by atomic mass is 9.69. The van der Waals surface area contributed by atoms with Crippen LogP contribution in [0.1, 0.15) is 72.6 Å². The summed E-state index contributed by atoms with van der Waals surface area (Å²) < 4.78 is 0. The summed E-state index contributed by atoms with van der Waals surface area (Å²) in [4.78, 5) is 2.87. The highest BCUT2D eigenvalue weighted by molar-refractivity contribution is 4.95. The van der Waals surface area contributed by atoms with Crippen LogP contribution in [-0.2, 0) is 0 Å². The van der Waals surface area contributed by atoms with Crippen molar-refractivity contribution in [2.24, 2.45) is 23.7 Å². The van der Waals surface area contributed by atoms with E-state index in [1.807, 2.05) is 0 Å². The van der Waals surface area contributed by atoms with Gasteiger partial charge >= 0.3 is 0 Å². The molecule has 0 spiro atoms. The molecule has 0 aromatic carbocycles. The molecule has 0 amide bonds. The first-order valence-electron chi connectivity index (χ1n) is 10.1. The van der Waals surface area contributed by atoms with Crippen LogP contribution in [-0.4, -0.2) is 36.1 Å². The summed E-state index contributed by atoms with van der Waals surface area (Å²) in [6.45, 7) is 12.5. The van der Waals surface area contributed by atoms with Crippen molar-refractivity contribution in [3.8, 4) is 0 Å². The van der Waals surface area contributed by atoms with Gasteiger partial charge in [0.25, 0.3) is 0 Å². The average Bonchev–Trinajstić information content (AvgIpc) is 3.01. The molecule has 2 saturated heterocycles. The quantitative estimate of drug-likeness (QED) is 0.836. The fourth-order valence-electron chi connectivity index (χ4n) is 5.87. The second kappa shape index (κ2) is 7.21. The van der Waals surface area contributed by atoms with Crippen LogP contribution < -0.4 is 5.32 Å². The van der Waals surface area contributed by atoms with Gasteiger partial charge in [0.15, 0.2) is 0 Å². The first-order chi connectivity index (χ1) is 10.6. The zero-order valence-corrected chi connectivity index (χ0v) is 15.4. The summed E-state index contributed by atoms with van der Waals surface area (Å²) in [7, 11) is 0. The van der Waals surface area contributed by atoms with E-state index in [2.05, 4.69) is 37.9 Å². The lowest BCUT2D eigenvalue weighted by molar-refractivity contribution is -0.0145. The van der Waals surface area contributed by atoms with Crippen molar-refractivity contribution in [2.45, 2.75) is 90.8 Å². The molecule has 2 heteroatoms. The van der Waals surface area contributed by atoms with Crippen molar-refractivity contribution in [1.29, 1.82) is 0 Å². The Morgan fingerprint density at radius 3 is 2.41 bits per heavy atom. The van der Waals surface area contributed by atoms with E-state index >= 15 is 0 Å². The van der Waals surface area contributed by atoms with E-state index in [9.17, 15) is 0 Å². The van der Waals surface area contributed by atoms with Crippen molar-refractivity contribution < 1.29 is 0 Å². The molecule has 2 heterocycles. The lowest BCUT2D eigenvalue weighted by Crippen LogP contribution is -2.56. The van der Waals surface area contributed by atoms with Crippen LogP contribution in [0.15, 0.2) is 0 Å². The van der Waals surface area contributed by atoms with Crippen LogP contribution in [0.2, 0.25) is 0 Å². The van der Waals surface area contributed by atoms with Gasteiger partial charge in [0.1, 0.15) is 0 Å². The Bertz CT molecular complexity index is 350. The Balaban J connectivity index is 1.62. The molecule has 0 aromatic heterocycles. The molecular formula is C20H38N2. The lowest BCUT2D eigenvalue weighted by Gasteiger charge is -2.50. The highest BCUT2D eigenvalue weighted by Crippen LogP contribution is 2.42. The van der Waals surface area contributed by atoms with E-state index < -0.39 is 0 Å². The van der Waals surface area contributed by atoms with Crippen molar-refractivity contribution in [1.82, 2.24) is 10.2 Å². The third-order valence-corrected chi connectivity index (χ3v) is 7.48. The topological polar surface area (TPSA) is 15.3 Å². The van der Waals surface area contributed by atoms with E-state index in [4.69, 9.17) is 0 Å². The Kier molecular flexibility index (Phi) is 5.50. The van der Waals surface area contributed by atoms with E-state index in [0.29, 0.717) is 0 Å². The Hall–Kier alpha value is -0.0800. The summed E-state index contributed by atoms with van der Waals surface area (Å²) in [5.41, 5.74) is 0. The summed E-state index contributed by atoms with van der Waals surface area (Å²) in [5, 5.41) is 3.57. The van der Waals surface area contributed by atoms with Gasteiger partial charge in [-0.25, -0.2) is 0 Å². The van der Waals surface area contributed by atoms with Crippen LogP contribution in [0.25, 0.3) is 0 Å². The average molecular weight is 307 g/mol. The highest BCUT2D eigenvalue weighted by atomic mass is 15.2. The van der Waals surface area contributed by atoms with Gasteiger partial charge in [-0.1, -0.05) is 39.5 Å². The predicted molar refractivity (Wildman–Crippen MR) is 95.0 cm³/mol. The monoisotopic (exact) mass is 306 g/mol. The fourth-order valence-corrected chi connectivity index (χ4v) is 5.87. The molecular weight excluding hydrogens is 268 g/mol. The standard InChI is InChI=1S/C20H38N2/c1-14-7-5-6-8-18(14)12-19-11-15(2)22(17(4)16(19)3)20-9-10-21-13-20/h14-21H,5-13H2,1-4H3. The minimum absolute atomic E-state index is 0.762. The molecule has 22 heavy (non-hydrogen) atoms. The number of piperidine rings is 1. The van der Waals surface area contributed by atoms with E-state index in [0.717, 1.165) is 41.8 Å². The summed E-state index contributed by atoms with van der Waals surface area (Å²) >= 11 is 0. The van der Waals surface area contributed by atoms with Gasteiger partial charge in [0.2, 0.25) is 0 Å². The third-order valence-electron chi connectivity index (χ3n) is 7.48. The molecule has 0 bridgehead atoms. The maximum absolute atomic E-state index is 3.57. The minimum atomic E-state index is 0.762. The molecule has 7 atom stereocenters. The van der Waals surface area contributed by atoms with Gasteiger partial charge in [0.05, 0.1) is 0 Å². The zero-order valence-electron chi connectivity index (χ0n) is 15.4. The molecule has 0 aromatic rings. The second-order valence-electron chi connectivity index (χ2n) is 8.80. The van der Waals surface area contributed by atoms with Crippen molar-refractivity contribution >= 4 is 0 Å². The van der Waals surface area contributed by atoms with Crippen LogP contribution in [0.5, 0.6) is 0 Å². The van der Waals surface area contributed by atoms with Crippen molar-refractivity contribution in [3.63, 3.8) is 0 Å². The zero-order chi connectivity index (χ0) is 15.7. The predicted octanol–water partition coefficient (Wildman–Crippen LogP) is 4.30. The molecule has 128 valence electrons. The first-order valence-corrected chi connectivity index (χ1v) is 10.1. The number of likely N-dealkylation sites (tertiary alicyclic amines) is 1. The summed E-state index contributed by atoms with van der Waals surface area (Å²) in [6, 6.07) is 2.33.